The molecule has 0 atom stereocenters. The summed E-state index contributed by atoms with van der Waals surface area (Å²) in [6, 6.07) is 6.80. The molecule has 27 heavy (non-hydrogen) atoms. The van der Waals surface area contributed by atoms with Crippen LogP contribution in [0.4, 0.5) is 14.5 Å². The predicted octanol–water partition coefficient (Wildman–Crippen LogP) is 1.57. The van der Waals surface area contributed by atoms with Crippen molar-refractivity contribution in [1.29, 1.82) is 0 Å². The number of sulfone groups is 1. The zero-order valence-electron chi connectivity index (χ0n) is 14.4. The van der Waals surface area contributed by atoms with E-state index in [9.17, 15) is 26.8 Å². The maximum atomic E-state index is 13.2. The van der Waals surface area contributed by atoms with E-state index in [1.165, 1.54) is 34.4 Å². The highest BCUT2D eigenvalue weighted by Crippen LogP contribution is 2.19. The number of halogens is 2. The molecule has 0 aliphatic heterocycles. The molecule has 0 unspecified atom stereocenters. The summed E-state index contributed by atoms with van der Waals surface area (Å²) >= 11 is 0. The van der Waals surface area contributed by atoms with Crippen LogP contribution < -0.4 is 11.0 Å². The quantitative estimate of drug-likeness (QED) is 0.726. The van der Waals surface area contributed by atoms with Gasteiger partial charge >= 0.3 is 5.69 Å². The zero-order valence-corrected chi connectivity index (χ0v) is 15.2. The number of hydrogen-bond acceptors (Lipinski definition) is 4. The number of benzene rings is 2. The molecule has 7 nitrogen and oxygen atoms in total. The molecule has 1 aromatic heterocycles. The lowest BCUT2D eigenvalue weighted by Crippen LogP contribution is -2.23. The van der Waals surface area contributed by atoms with Gasteiger partial charge in [0, 0.05) is 25.8 Å². The number of aromatic nitrogens is 2. The van der Waals surface area contributed by atoms with Crippen LogP contribution in [0, 0.1) is 11.6 Å². The molecule has 0 fully saturated rings. The van der Waals surface area contributed by atoms with Gasteiger partial charge in [-0.3, -0.25) is 13.9 Å². The van der Waals surface area contributed by atoms with E-state index in [2.05, 4.69) is 5.32 Å². The summed E-state index contributed by atoms with van der Waals surface area (Å²) in [6.45, 7) is 0. The Labute approximate surface area is 152 Å². The molecule has 0 radical (unpaired) electrons. The molecule has 1 heterocycles. The van der Waals surface area contributed by atoms with Gasteiger partial charge in [0.15, 0.2) is 21.5 Å². The molecular formula is C17H15F2N3O4S. The fourth-order valence-electron chi connectivity index (χ4n) is 2.71. The van der Waals surface area contributed by atoms with Crippen LogP contribution in [0.3, 0.4) is 0 Å². The largest absolute Gasteiger partial charge is 0.328 e. The number of anilines is 1. The molecule has 0 aliphatic rings. The van der Waals surface area contributed by atoms with E-state index in [4.69, 9.17) is 0 Å². The number of imidazole rings is 1. The maximum Gasteiger partial charge on any atom is 0.328 e. The van der Waals surface area contributed by atoms with Crippen LogP contribution in [0.15, 0.2) is 46.1 Å². The van der Waals surface area contributed by atoms with Gasteiger partial charge in [-0.25, -0.2) is 22.0 Å². The van der Waals surface area contributed by atoms with Gasteiger partial charge in [0.2, 0.25) is 5.91 Å². The van der Waals surface area contributed by atoms with Crippen molar-refractivity contribution in [1.82, 2.24) is 9.13 Å². The SMILES string of the molecule is Cn1c(=O)n(C)c2cc(S(=O)(=O)CC(=O)Nc3ccc(F)c(F)c3)ccc21. The highest BCUT2D eigenvalue weighted by molar-refractivity contribution is 7.92. The fraction of sp³-hybridized carbons (Fsp3) is 0.176. The van der Waals surface area contributed by atoms with E-state index >= 15 is 0 Å². The fourth-order valence-corrected chi connectivity index (χ4v) is 3.86. The lowest BCUT2D eigenvalue weighted by molar-refractivity contribution is -0.113. The van der Waals surface area contributed by atoms with Gasteiger partial charge < -0.3 is 5.32 Å². The number of amides is 1. The number of nitrogens with one attached hydrogen (secondary N) is 1. The van der Waals surface area contributed by atoms with Crippen LogP contribution >= 0.6 is 0 Å². The molecule has 3 rings (SSSR count). The molecule has 1 N–H and O–H groups in total. The standard InChI is InChI=1S/C17H15F2N3O4S/c1-21-14-6-4-11(8-15(14)22(2)17(21)24)27(25,26)9-16(23)20-10-3-5-12(18)13(19)7-10/h3-8H,9H2,1-2H3,(H,20,23). The minimum absolute atomic E-state index is 0.0602. The highest BCUT2D eigenvalue weighted by Gasteiger charge is 2.21. The Morgan fingerprint density at radius 3 is 2.33 bits per heavy atom. The van der Waals surface area contributed by atoms with Gasteiger partial charge in [0.1, 0.15) is 5.75 Å². The second-order valence-corrected chi connectivity index (χ2v) is 7.98. The molecule has 2 aromatic carbocycles. The second-order valence-electron chi connectivity index (χ2n) is 5.99. The van der Waals surface area contributed by atoms with Crippen molar-refractivity contribution in [3.05, 3.63) is 58.5 Å². The Morgan fingerprint density at radius 2 is 1.67 bits per heavy atom. The van der Waals surface area contributed by atoms with E-state index in [0.29, 0.717) is 11.0 Å². The first kappa shape index (κ1) is 18.8. The molecule has 0 bridgehead atoms. The summed E-state index contributed by atoms with van der Waals surface area (Å²) in [6.07, 6.45) is 0. The third-order valence-corrected chi connectivity index (χ3v) is 5.74. The molecular weight excluding hydrogens is 380 g/mol. The van der Waals surface area contributed by atoms with Crippen molar-refractivity contribution in [2.24, 2.45) is 14.1 Å². The third kappa shape index (κ3) is 3.47. The van der Waals surface area contributed by atoms with Crippen LogP contribution in [-0.2, 0) is 28.7 Å². The smallest absolute Gasteiger partial charge is 0.325 e. The second kappa shape index (κ2) is 6.62. The number of nitrogens with zero attached hydrogens (tertiary/aromatic N) is 2. The first-order valence-corrected chi connectivity index (χ1v) is 9.38. The van der Waals surface area contributed by atoms with Crippen molar-refractivity contribution >= 4 is 32.5 Å². The summed E-state index contributed by atoms with van der Waals surface area (Å²) < 4.78 is 53.8. The average molecular weight is 395 g/mol. The van der Waals surface area contributed by atoms with Crippen molar-refractivity contribution in [2.45, 2.75) is 4.90 Å². The Hall–Kier alpha value is -3.01. The molecule has 0 saturated carbocycles. The Bertz CT molecular complexity index is 1230. The van der Waals surface area contributed by atoms with Crippen LogP contribution in [0.1, 0.15) is 0 Å². The molecule has 142 valence electrons. The number of carbonyl (C=O) groups is 1. The Balaban J connectivity index is 1.86. The third-order valence-electron chi connectivity index (χ3n) is 4.13. The van der Waals surface area contributed by atoms with Crippen molar-refractivity contribution in [2.75, 3.05) is 11.1 Å². The van der Waals surface area contributed by atoms with E-state index in [0.717, 1.165) is 18.2 Å². The number of rotatable bonds is 4. The lowest BCUT2D eigenvalue weighted by Gasteiger charge is -2.07. The zero-order chi connectivity index (χ0) is 19.9. The molecule has 10 heteroatoms. The number of hydrogen-bond donors (Lipinski definition) is 1. The molecule has 3 aromatic rings. The predicted molar refractivity (Wildman–Crippen MR) is 95.2 cm³/mol. The van der Waals surface area contributed by atoms with Crippen LogP contribution in [0.2, 0.25) is 0 Å². The van der Waals surface area contributed by atoms with Crippen molar-refractivity contribution in [3.8, 4) is 0 Å². The number of aryl methyl sites for hydroxylation is 2. The van der Waals surface area contributed by atoms with Crippen LogP contribution in [0.25, 0.3) is 11.0 Å². The van der Waals surface area contributed by atoms with Crippen LogP contribution in [-0.4, -0.2) is 29.2 Å². The van der Waals surface area contributed by atoms with Crippen molar-refractivity contribution < 1.29 is 22.0 Å². The van der Waals surface area contributed by atoms with Gasteiger partial charge in [-0.15, -0.1) is 0 Å². The number of fused-ring (bicyclic) bond motifs is 1. The summed E-state index contributed by atoms with van der Waals surface area (Å²) in [5.41, 5.74) is 0.586. The molecule has 0 saturated heterocycles. The topological polar surface area (TPSA) is 90.2 Å². The summed E-state index contributed by atoms with van der Waals surface area (Å²) in [5, 5.41) is 2.21. The van der Waals surface area contributed by atoms with Gasteiger partial charge in [-0.05, 0) is 30.3 Å². The summed E-state index contributed by atoms with van der Waals surface area (Å²) in [5.74, 6) is -4.03. The monoisotopic (exact) mass is 395 g/mol. The molecule has 0 spiro atoms. The normalized spacial score (nSPS) is 11.7. The average Bonchev–Trinajstić information content (AvgIpc) is 2.82. The van der Waals surface area contributed by atoms with E-state index in [1.54, 1.807) is 7.05 Å². The first-order valence-electron chi connectivity index (χ1n) is 7.73. The summed E-state index contributed by atoms with van der Waals surface area (Å²) in [7, 11) is -0.940. The first-order chi connectivity index (χ1) is 12.6. The maximum absolute atomic E-state index is 13.2. The molecule has 1 amide bonds. The highest BCUT2D eigenvalue weighted by atomic mass is 32.2. The van der Waals surface area contributed by atoms with E-state index in [-0.39, 0.29) is 16.3 Å². The van der Waals surface area contributed by atoms with Gasteiger partial charge in [-0.2, -0.15) is 0 Å². The summed E-state index contributed by atoms with van der Waals surface area (Å²) in [4.78, 5) is 23.8. The van der Waals surface area contributed by atoms with Crippen molar-refractivity contribution in [3.63, 3.8) is 0 Å². The van der Waals surface area contributed by atoms with Gasteiger partial charge in [-0.1, -0.05) is 0 Å². The van der Waals surface area contributed by atoms with Gasteiger partial charge in [0.05, 0.1) is 15.9 Å². The Morgan fingerprint density at radius 1 is 1.00 bits per heavy atom. The minimum atomic E-state index is -4.01. The lowest BCUT2D eigenvalue weighted by atomic mass is 10.3. The van der Waals surface area contributed by atoms with Gasteiger partial charge in [0.25, 0.3) is 0 Å². The minimum Gasteiger partial charge on any atom is -0.325 e. The van der Waals surface area contributed by atoms with E-state index < -0.39 is 33.1 Å². The Kier molecular flexibility index (Phi) is 4.60. The van der Waals surface area contributed by atoms with E-state index in [1.807, 2.05) is 0 Å². The number of carbonyl (C=O) groups excluding carboxylic acids is 1. The van der Waals surface area contributed by atoms with Crippen LogP contribution in [0.5, 0.6) is 0 Å². The molecule has 0 aliphatic carbocycles.